The van der Waals surface area contributed by atoms with Crippen molar-refractivity contribution in [2.45, 2.75) is 39.8 Å². The molecule has 0 amide bonds. The second-order valence-corrected chi connectivity index (χ2v) is 5.70. The Hall–Kier alpha value is -1.94. The zero-order valence-corrected chi connectivity index (χ0v) is 13.2. The third-order valence-electron chi connectivity index (χ3n) is 3.40. The summed E-state index contributed by atoms with van der Waals surface area (Å²) in [6.45, 7) is 6.93. The van der Waals surface area contributed by atoms with Gasteiger partial charge >= 0.3 is 0 Å². The normalized spacial score (nSPS) is 11.0. The van der Waals surface area contributed by atoms with Crippen LogP contribution in [0.4, 0.5) is 5.82 Å². The molecular weight excluding hydrogens is 262 g/mol. The Balaban J connectivity index is 2.25. The van der Waals surface area contributed by atoms with Crippen molar-refractivity contribution >= 4 is 5.82 Å². The van der Waals surface area contributed by atoms with Crippen LogP contribution in [0.15, 0.2) is 30.3 Å². The highest BCUT2D eigenvalue weighted by Gasteiger charge is 2.10. The SMILES string of the molecule is Cc1cccc(CN(C)c2cc(CO)cc(C(C)C)n2)n1. The molecule has 0 aromatic carbocycles. The van der Waals surface area contributed by atoms with Gasteiger partial charge in [0.1, 0.15) is 5.82 Å². The summed E-state index contributed by atoms with van der Waals surface area (Å²) >= 11 is 0. The molecule has 0 aliphatic rings. The van der Waals surface area contributed by atoms with Gasteiger partial charge in [-0.1, -0.05) is 19.9 Å². The van der Waals surface area contributed by atoms with Crippen LogP contribution >= 0.6 is 0 Å². The van der Waals surface area contributed by atoms with Crippen LogP contribution in [0, 0.1) is 6.92 Å². The molecule has 4 heteroatoms. The minimum Gasteiger partial charge on any atom is -0.392 e. The van der Waals surface area contributed by atoms with Gasteiger partial charge in [0.05, 0.1) is 18.8 Å². The van der Waals surface area contributed by atoms with Gasteiger partial charge in [0.2, 0.25) is 0 Å². The summed E-state index contributed by atoms with van der Waals surface area (Å²) in [5, 5.41) is 9.42. The summed E-state index contributed by atoms with van der Waals surface area (Å²) in [6, 6.07) is 9.92. The Labute approximate surface area is 126 Å². The Morgan fingerprint density at radius 3 is 2.57 bits per heavy atom. The molecule has 2 heterocycles. The van der Waals surface area contributed by atoms with Gasteiger partial charge in [0.25, 0.3) is 0 Å². The van der Waals surface area contributed by atoms with Crippen molar-refractivity contribution in [3.05, 3.63) is 53.0 Å². The lowest BCUT2D eigenvalue weighted by molar-refractivity contribution is 0.281. The summed E-state index contributed by atoms with van der Waals surface area (Å²) in [4.78, 5) is 11.3. The molecule has 1 N–H and O–H groups in total. The molecule has 0 saturated heterocycles. The van der Waals surface area contributed by atoms with Gasteiger partial charge in [-0.3, -0.25) is 4.98 Å². The van der Waals surface area contributed by atoms with Crippen molar-refractivity contribution in [1.29, 1.82) is 0 Å². The zero-order valence-electron chi connectivity index (χ0n) is 13.2. The Morgan fingerprint density at radius 2 is 1.95 bits per heavy atom. The third-order valence-corrected chi connectivity index (χ3v) is 3.40. The number of hydrogen-bond donors (Lipinski definition) is 1. The van der Waals surface area contributed by atoms with Crippen molar-refractivity contribution in [3.8, 4) is 0 Å². The van der Waals surface area contributed by atoms with Gasteiger partial charge in [-0.25, -0.2) is 4.98 Å². The molecule has 0 fully saturated rings. The first-order valence-electron chi connectivity index (χ1n) is 7.25. The Morgan fingerprint density at radius 1 is 1.19 bits per heavy atom. The lowest BCUT2D eigenvalue weighted by Crippen LogP contribution is -2.19. The number of pyridine rings is 2. The first-order valence-corrected chi connectivity index (χ1v) is 7.25. The number of nitrogens with zero attached hydrogens (tertiary/aromatic N) is 3. The van der Waals surface area contributed by atoms with E-state index in [2.05, 4.69) is 28.7 Å². The van der Waals surface area contributed by atoms with Crippen molar-refractivity contribution in [1.82, 2.24) is 9.97 Å². The molecule has 2 rings (SSSR count). The van der Waals surface area contributed by atoms with E-state index in [1.54, 1.807) is 0 Å². The molecule has 4 nitrogen and oxygen atoms in total. The molecule has 0 spiro atoms. The highest BCUT2D eigenvalue weighted by atomic mass is 16.3. The molecule has 21 heavy (non-hydrogen) atoms. The molecule has 0 radical (unpaired) electrons. The van der Waals surface area contributed by atoms with Crippen LogP contribution in [0.25, 0.3) is 0 Å². The fourth-order valence-corrected chi connectivity index (χ4v) is 2.19. The standard InChI is InChI=1S/C17H23N3O/c1-12(2)16-8-14(11-21)9-17(19-16)20(4)10-15-7-5-6-13(3)18-15/h5-9,12,21H,10-11H2,1-4H3. The number of anilines is 1. The molecule has 112 valence electrons. The quantitative estimate of drug-likeness (QED) is 0.917. The monoisotopic (exact) mass is 285 g/mol. The number of hydrogen-bond acceptors (Lipinski definition) is 4. The predicted molar refractivity (Wildman–Crippen MR) is 85.3 cm³/mol. The maximum absolute atomic E-state index is 9.42. The summed E-state index contributed by atoms with van der Waals surface area (Å²) in [5.74, 6) is 1.20. The van der Waals surface area contributed by atoms with E-state index in [0.717, 1.165) is 28.5 Å². The maximum atomic E-state index is 9.42. The lowest BCUT2D eigenvalue weighted by atomic mass is 10.1. The largest absolute Gasteiger partial charge is 0.392 e. The lowest BCUT2D eigenvalue weighted by Gasteiger charge is -2.20. The fourth-order valence-electron chi connectivity index (χ4n) is 2.19. The first-order chi connectivity index (χ1) is 9.99. The Bertz CT molecular complexity index is 611. The van der Waals surface area contributed by atoms with Crippen molar-refractivity contribution in [2.75, 3.05) is 11.9 Å². The molecule has 2 aromatic heterocycles. The summed E-state index contributed by atoms with van der Waals surface area (Å²) in [5.41, 5.74) is 3.92. The summed E-state index contributed by atoms with van der Waals surface area (Å²) in [6.07, 6.45) is 0. The van der Waals surface area contributed by atoms with Crippen LogP contribution in [-0.4, -0.2) is 22.1 Å². The van der Waals surface area contributed by atoms with Gasteiger partial charge in [-0.2, -0.15) is 0 Å². The second-order valence-electron chi connectivity index (χ2n) is 5.70. The molecule has 0 aliphatic carbocycles. The molecular formula is C17H23N3O. The van der Waals surface area contributed by atoms with Gasteiger partial charge < -0.3 is 10.0 Å². The van der Waals surface area contributed by atoms with E-state index in [1.807, 2.05) is 44.3 Å². The average Bonchev–Trinajstić information content (AvgIpc) is 2.46. The van der Waals surface area contributed by atoms with Crippen LogP contribution < -0.4 is 4.90 Å². The van der Waals surface area contributed by atoms with E-state index in [1.165, 1.54) is 0 Å². The minimum absolute atomic E-state index is 0.0335. The van der Waals surface area contributed by atoms with E-state index in [-0.39, 0.29) is 6.61 Å². The number of aliphatic hydroxyl groups is 1. The van der Waals surface area contributed by atoms with Crippen molar-refractivity contribution in [3.63, 3.8) is 0 Å². The van der Waals surface area contributed by atoms with E-state index < -0.39 is 0 Å². The van der Waals surface area contributed by atoms with E-state index >= 15 is 0 Å². The highest BCUT2D eigenvalue weighted by molar-refractivity contribution is 5.43. The van der Waals surface area contributed by atoms with Crippen LogP contribution in [0.2, 0.25) is 0 Å². The molecule has 2 aromatic rings. The molecule has 0 saturated carbocycles. The fraction of sp³-hybridized carbons (Fsp3) is 0.412. The predicted octanol–water partition coefficient (Wildman–Crippen LogP) is 3.04. The number of aliphatic hydroxyl groups excluding tert-OH is 1. The molecule has 0 bridgehead atoms. The van der Waals surface area contributed by atoms with Gasteiger partial charge in [-0.15, -0.1) is 0 Å². The zero-order chi connectivity index (χ0) is 15.4. The minimum atomic E-state index is 0.0335. The van der Waals surface area contributed by atoms with Gasteiger partial charge in [-0.05, 0) is 42.7 Å². The van der Waals surface area contributed by atoms with Crippen molar-refractivity contribution < 1.29 is 5.11 Å². The van der Waals surface area contributed by atoms with E-state index in [9.17, 15) is 5.11 Å². The molecule has 0 atom stereocenters. The second kappa shape index (κ2) is 6.68. The number of aromatic nitrogens is 2. The Kier molecular flexibility index (Phi) is 4.91. The topological polar surface area (TPSA) is 49.2 Å². The highest BCUT2D eigenvalue weighted by Crippen LogP contribution is 2.20. The summed E-state index contributed by atoms with van der Waals surface area (Å²) in [7, 11) is 2.00. The smallest absolute Gasteiger partial charge is 0.129 e. The van der Waals surface area contributed by atoms with Crippen LogP contribution in [0.3, 0.4) is 0 Å². The van der Waals surface area contributed by atoms with Crippen LogP contribution in [-0.2, 0) is 13.2 Å². The maximum Gasteiger partial charge on any atom is 0.129 e. The molecule has 0 unspecified atom stereocenters. The van der Waals surface area contributed by atoms with Gasteiger partial charge in [0, 0.05) is 18.4 Å². The average molecular weight is 285 g/mol. The first kappa shape index (κ1) is 15.4. The van der Waals surface area contributed by atoms with Crippen LogP contribution in [0.1, 0.15) is 42.4 Å². The molecule has 0 aliphatic heterocycles. The third kappa shape index (κ3) is 4.02. The number of aryl methyl sites for hydroxylation is 1. The van der Waals surface area contributed by atoms with E-state index in [0.29, 0.717) is 12.5 Å². The van der Waals surface area contributed by atoms with Crippen molar-refractivity contribution in [2.24, 2.45) is 0 Å². The number of rotatable bonds is 5. The van der Waals surface area contributed by atoms with Crippen LogP contribution in [0.5, 0.6) is 0 Å². The van der Waals surface area contributed by atoms with Gasteiger partial charge in [0.15, 0.2) is 0 Å². The van der Waals surface area contributed by atoms with E-state index in [4.69, 9.17) is 0 Å². The summed E-state index contributed by atoms with van der Waals surface area (Å²) < 4.78 is 0.